The summed E-state index contributed by atoms with van der Waals surface area (Å²) in [5.41, 5.74) is -1.08. The standard InChI is InChI=1S/C19H20F3N3O5S2/c1-23-31(27,28)16-6-3-7-17(13-16)32(29,30)25-10-8-24(9-11-25)18(26)14-4-2-5-15(12-14)19(20,21)22/h2-7,12-13,23H,8-11H2,1H3. The Morgan fingerprint density at radius 1 is 0.906 bits per heavy atom. The molecule has 3 rings (SSSR count). The van der Waals surface area contributed by atoms with Gasteiger partial charge < -0.3 is 4.90 Å². The SMILES string of the molecule is CNS(=O)(=O)c1cccc(S(=O)(=O)N2CCN(C(=O)c3cccc(C(F)(F)F)c3)CC2)c1. The van der Waals surface area contributed by atoms with Crippen LogP contribution in [0.5, 0.6) is 0 Å². The molecule has 0 spiro atoms. The van der Waals surface area contributed by atoms with Gasteiger partial charge in [-0.3, -0.25) is 4.79 Å². The molecule has 2 aromatic carbocycles. The molecule has 1 aliphatic rings. The van der Waals surface area contributed by atoms with Crippen LogP contribution < -0.4 is 4.72 Å². The highest BCUT2D eigenvalue weighted by Crippen LogP contribution is 2.30. The van der Waals surface area contributed by atoms with Crippen molar-refractivity contribution in [1.82, 2.24) is 13.9 Å². The van der Waals surface area contributed by atoms with Crippen LogP contribution in [0.25, 0.3) is 0 Å². The number of sulfonamides is 2. The zero-order valence-corrected chi connectivity index (χ0v) is 18.5. The van der Waals surface area contributed by atoms with E-state index in [2.05, 4.69) is 4.72 Å². The van der Waals surface area contributed by atoms with Crippen molar-refractivity contribution in [3.63, 3.8) is 0 Å². The number of nitrogens with zero attached hydrogens (tertiary/aromatic N) is 2. The molecule has 0 aromatic heterocycles. The van der Waals surface area contributed by atoms with Gasteiger partial charge in [0.25, 0.3) is 5.91 Å². The topological polar surface area (TPSA) is 104 Å². The van der Waals surface area contributed by atoms with Gasteiger partial charge in [-0.25, -0.2) is 21.6 Å². The van der Waals surface area contributed by atoms with Crippen LogP contribution in [0.3, 0.4) is 0 Å². The summed E-state index contributed by atoms with van der Waals surface area (Å²) < 4.78 is 91.7. The lowest BCUT2D eigenvalue weighted by molar-refractivity contribution is -0.137. The molecule has 0 saturated carbocycles. The van der Waals surface area contributed by atoms with Crippen LogP contribution in [0.2, 0.25) is 0 Å². The Balaban J connectivity index is 1.74. The number of alkyl halides is 3. The average Bonchev–Trinajstić information content (AvgIpc) is 2.78. The number of nitrogens with one attached hydrogen (secondary N) is 1. The minimum absolute atomic E-state index is 0.0250. The molecule has 0 unspecified atom stereocenters. The van der Waals surface area contributed by atoms with Crippen molar-refractivity contribution < 1.29 is 34.8 Å². The Labute approximate surface area is 183 Å². The summed E-state index contributed by atoms with van der Waals surface area (Å²) in [4.78, 5) is 13.5. The first-order valence-corrected chi connectivity index (χ1v) is 12.3. The Bertz CT molecular complexity index is 1220. The second-order valence-corrected chi connectivity index (χ2v) is 10.8. The minimum Gasteiger partial charge on any atom is -0.336 e. The number of carbonyl (C=O) groups is 1. The van der Waals surface area contributed by atoms with Crippen molar-refractivity contribution in [3.05, 3.63) is 59.7 Å². The normalized spacial score (nSPS) is 16.2. The van der Waals surface area contributed by atoms with Crippen LogP contribution in [0.1, 0.15) is 15.9 Å². The molecule has 2 aromatic rings. The van der Waals surface area contributed by atoms with Gasteiger partial charge in [0.05, 0.1) is 15.4 Å². The lowest BCUT2D eigenvalue weighted by Crippen LogP contribution is -2.50. The second-order valence-electron chi connectivity index (χ2n) is 6.96. The largest absolute Gasteiger partial charge is 0.416 e. The van der Waals surface area contributed by atoms with Crippen molar-refractivity contribution in [2.45, 2.75) is 16.0 Å². The lowest BCUT2D eigenvalue weighted by atomic mass is 10.1. The minimum atomic E-state index is -4.58. The van der Waals surface area contributed by atoms with Crippen LogP contribution >= 0.6 is 0 Å². The van der Waals surface area contributed by atoms with Crippen molar-refractivity contribution in [2.75, 3.05) is 33.2 Å². The fourth-order valence-corrected chi connectivity index (χ4v) is 5.53. The van der Waals surface area contributed by atoms with E-state index >= 15 is 0 Å². The fourth-order valence-electron chi connectivity index (χ4n) is 3.21. The van der Waals surface area contributed by atoms with Crippen molar-refractivity contribution >= 4 is 26.0 Å². The molecule has 1 aliphatic heterocycles. The molecule has 1 saturated heterocycles. The Kier molecular flexibility index (Phi) is 6.65. The summed E-state index contributed by atoms with van der Waals surface area (Å²) in [7, 11) is -6.68. The molecule has 1 fully saturated rings. The van der Waals surface area contributed by atoms with E-state index < -0.39 is 37.7 Å². The summed E-state index contributed by atoms with van der Waals surface area (Å²) in [5, 5.41) is 0. The molecule has 32 heavy (non-hydrogen) atoms. The van der Waals surface area contributed by atoms with Gasteiger partial charge in [-0.2, -0.15) is 17.5 Å². The molecule has 8 nitrogen and oxygen atoms in total. The highest BCUT2D eigenvalue weighted by atomic mass is 32.2. The van der Waals surface area contributed by atoms with Crippen LogP contribution in [0, 0.1) is 0 Å². The van der Waals surface area contributed by atoms with E-state index in [9.17, 15) is 34.8 Å². The second kappa shape index (κ2) is 8.81. The van der Waals surface area contributed by atoms with E-state index in [4.69, 9.17) is 0 Å². The van der Waals surface area contributed by atoms with Gasteiger partial charge in [0.2, 0.25) is 20.0 Å². The van der Waals surface area contributed by atoms with Gasteiger partial charge in [-0.05, 0) is 43.4 Å². The molecule has 13 heteroatoms. The predicted octanol–water partition coefficient (Wildman–Crippen LogP) is 1.76. The summed E-state index contributed by atoms with van der Waals surface area (Å²) in [6.07, 6.45) is -4.58. The van der Waals surface area contributed by atoms with E-state index in [1.165, 1.54) is 36.2 Å². The highest BCUT2D eigenvalue weighted by Gasteiger charge is 2.33. The van der Waals surface area contributed by atoms with E-state index in [0.29, 0.717) is 0 Å². The van der Waals surface area contributed by atoms with Crippen molar-refractivity contribution in [2.24, 2.45) is 0 Å². The maximum Gasteiger partial charge on any atom is 0.416 e. The first-order chi connectivity index (χ1) is 14.9. The number of carbonyl (C=O) groups excluding carboxylic acids is 1. The molecule has 0 bridgehead atoms. The first kappa shape index (κ1) is 24.2. The monoisotopic (exact) mass is 491 g/mol. The van der Waals surface area contributed by atoms with Gasteiger partial charge in [0, 0.05) is 31.7 Å². The molecule has 1 N–H and O–H groups in total. The van der Waals surface area contributed by atoms with Gasteiger partial charge in [0.1, 0.15) is 0 Å². The fraction of sp³-hybridized carbons (Fsp3) is 0.316. The Morgan fingerprint density at radius 3 is 2.09 bits per heavy atom. The number of hydrogen-bond acceptors (Lipinski definition) is 5. The molecular formula is C19H20F3N3O5S2. The Morgan fingerprint density at radius 2 is 1.50 bits per heavy atom. The molecule has 0 aliphatic carbocycles. The molecule has 0 atom stereocenters. The zero-order chi connectivity index (χ0) is 23.7. The summed E-state index contributed by atoms with van der Waals surface area (Å²) in [6.45, 7) is -0.224. The van der Waals surface area contributed by atoms with E-state index in [1.54, 1.807) is 0 Å². The van der Waals surface area contributed by atoms with Crippen LogP contribution in [0.4, 0.5) is 13.2 Å². The maximum atomic E-state index is 12.9. The molecule has 0 radical (unpaired) electrons. The predicted molar refractivity (Wildman–Crippen MR) is 109 cm³/mol. The van der Waals surface area contributed by atoms with Gasteiger partial charge in [-0.1, -0.05) is 12.1 Å². The van der Waals surface area contributed by atoms with Crippen LogP contribution in [0.15, 0.2) is 58.3 Å². The molecule has 174 valence electrons. The number of amides is 1. The van der Waals surface area contributed by atoms with E-state index in [1.807, 2.05) is 0 Å². The zero-order valence-electron chi connectivity index (χ0n) is 16.8. The maximum absolute atomic E-state index is 12.9. The quantitative estimate of drug-likeness (QED) is 0.687. The van der Waals surface area contributed by atoms with E-state index in [0.717, 1.165) is 28.6 Å². The van der Waals surface area contributed by atoms with Crippen LogP contribution in [-0.2, 0) is 26.2 Å². The smallest absolute Gasteiger partial charge is 0.336 e. The number of benzene rings is 2. The number of piperazine rings is 1. The molecule has 1 amide bonds. The molecule has 1 heterocycles. The third-order valence-electron chi connectivity index (χ3n) is 4.99. The first-order valence-electron chi connectivity index (χ1n) is 9.36. The highest BCUT2D eigenvalue weighted by molar-refractivity contribution is 7.90. The molecular weight excluding hydrogens is 471 g/mol. The third kappa shape index (κ3) is 4.95. The van der Waals surface area contributed by atoms with Crippen molar-refractivity contribution in [1.29, 1.82) is 0 Å². The summed E-state index contributed by atoms with van der Waals surface area (Å²) in [6, 6.07) is 8.92. The Hall–Kier alpha value is -2.48. The van der Waals surface area contributed by atoms with E-state index in [-0.39, 0.29) is 41.5 Å². The van der Waals surface area contributed by atoms with Gasteiger partial charge >= 0.3 is 6.18 Å². The van der Waals surface area contributed by atoms with Gasteiger partial charge in [-0.15, -0.1) is 0 Å². The van der Waals surface area contributed by atoms with Crippen molar-refractivity contribution in [3.8, 4) is 0 Å². The lowest BCUT2D eigenvalue weighted by Gasteiger charge is -2.34. The number of halogens is 3. The number of hydrogen-bond donors (Lipinski definition) is 1. The van der Waals surface area contributed by atoms with Gasteiger partial charge in [0.15, 0.2) is 0 Å². The third-order valence-corrected chi connectivity index (χ3v) is 8.29. The number of rotatable bonds is 5. The summed E-state index contributed by atoms with van der Waals surface area (Å²) in [5.74, 6) is -0.629. The van der Waals surface area contributed by atoms with Crippen LogP contribution in [-0.4, -0.2) is 65.2 Å². The summed E-state index contributed by atoms with van der Waals surface area (Å²) >= 11 is 0. The average molecular weight is 492 g/mol.